The lowest BCUT2D eigenvalue weighted by Crippen LogP contribution is -2.23. The number of halogens is 1. The van der Waals surface area contributed by atoms with E-state index >= 15 is 0 Å². The average molecular weight is 343 g/mol. The third-order valence-corrected chi connectivity index (χ3v) is 5.43. The summed E-state index contributed by atoms with van der Waals surface area (Å²) >= 11 is 3.08. The second kappa shape index (κ2) is 5.01. The number of nitrogens with two attached hydrogens (primary N) is 1. The van der Waals surface area contributed by atoms with Crippen LogP contribution in [0.4, 0.5) is 0 Å². The van der Waals surface area contributed by atoms with Crippen molar-refractivity contribution in [3.8, 4) is 0 Å². The molecule has 0 unspecified atom stereocenters. The fourth-order valence-electron chi connectivity index (χ4n) is 1.07. The Balaban J connectivity index is 3.06. The van der Waals surface area contributed by atoms with Crippen molar-refractivity contribution in [2.75, 3.05) is 11.5 Å². The van der Waals surface area contributed by atoms with Crippen LogP contribution in [0, 0.1) is 6.92 Å². The van der Waals surface area contributed by atoms with Crippen LogP contribution in [0.5, 0.6) is 0 Å². The zero-order valence-electron chi connectivity index (χ0n) is 8.92. The minimum Gasteiger partial charge on any atom is -0.243 e. The molecular weight excluding hydrogens is 332 g/mol. The maximum absolute atomic E-state index is 11.8. The number of nitrogens with zero attached hydrogens (tertiary/aromatic N) is 1. The van der Waals surface area contributed by atoms with Gasteiger partial charge in [-0.15, -0.1) is 0 Å². The van der Waals surface area contributed by atoms with E-state index in [4.69, 9.17) is 5.14 Å². The summed E-state index contributed by atoms with van der Waals surface area (Å²) in [5.41, 5.74) is 0.794. The molecule has 1 aromatic rings. The number of aryl methyl sites for hydroxylation is 1. The molecule has 0 aliphatic rings. The highest BCUT2D eigenvalue weighted by Gasteiger charge is 2.21. The van der Waals surface area contributed by atoms with Gasteiger partial charge < -0.3 is 0 Å². The summed E-state index contributed by atoms with van der Waals surface area (Å²) in [6.07, 6.45) is 1.40. The molecule has 9 heteroatoms. The van der Waals surface area contributed by atoms with Crippen molar-refractivity contribution in [1.82, 2.24) is 4.98 Å². The fourth-order valence-corrected chi connectivity index (χ4v) is 4.85. The van der Waals surface area contributed by atoms with Crippen LogP contribution in [-0.4, -0.2) is 33.3 Å². The van der Waals surface area contributed by atoms with Gasteiger partial charge in [-0.25, -0.2) is 27.0 Å². The van der Waals surface area contributed by atoms with Gasteiger partial charge in [0.2, 0.25) is 10.0 Å². The van der Waals surface area contributed by atoms with E-state index in [1.165, 1.54) is 6.20 Å². The van der Waals surface area contributed by atoms with Gasteiger partial charge in [-0.1, -0.05) is 0 Å². The van der Waals surface area contributed by atoms with Crippen molar-refractivity contribution in [1.29, 1.82) is 0 Å². The van der Waals surface area contributed by atoms with Crippen LogP contribution in [0.15, 0.2) is 21.8 Å². The first-order chi connectivity index (χ1) is 7.62. The van der Waals surface area contributed by atoms with Crippen molar-refractivity contribution in [2.24, 2.45) is 5.14 Å². The van der Waals surface area contributed by atoms with Crippen molar-refractivity contribution in [2.45, 2.75) is 11.9 Å². The molecule has 17 heavy (non-hydrogen) atoms. The van der Waals surface area contributed by atoms with Gasteiger partial charge >= 0.3 is 0 Å². The summed E-state index contributed by atoms with van der Waals surface area (Å²) in [7, 11) is -7.57. The molecule has 0 aliphatic heterocycles. The van der Waals surface area contributed by atoms with Gasteiger partial charge in [0.1, 0.15) is 0 Å². The third-order valence-electron chi connectivity index (χ3n) is 1.88. The molecule has 0 radical (unpaired) electrons. The Hall–Kier alpha value is -0.510. The lowest BCUT2D eigenvalue weighted by atomic mass is 10.3. The third kappa shape index (κ3) is 4.34. The average Bonchev–Trinajstić information content (AvgIpc) is 2.13. The highest BCUT2D eigenvalue weighted by molar-refractivity contribution is 9.10. The molecule has 0 saturated heterocycles. The van der Waals surface area contributed by atoms with Crippen molar-refractivity contribution in [3.63, 3.8) is 0 Å². The molecule has 2 N–H and O–H groups in total. The first-order valence-corrected chi connectivity index (χ1v) is 8.63. The van der Waals surface area contributed by atoms with Gasteiger partial charge in [-0.2, -0.15) is 0 Å². The number of primary sulfonamides is 1. The lowest BCUT2D eigenvalue weighted by molar-refractivity contribution is 0.585. The predicted octanol–water partition coefficient (Wildman–Crippen LogP) is 0.215. The van der Waals surface area contributed by atoms with Crippen LogP contribution >= 0.6 is 15.9 Å². The Morgan fingerprint density at radius 3 is 2.35 bits per heavy atom. The van der Waals surface area contributed by atoms with Gasteiger partial charge in [0.05, 0.1) is 16.0 Å². The predicted molar refractivity (Wildman–Crippen MR) is 66.7 cm³/mol. The van der Waals surface area contributed by atoms with Crippen LogP contribution in [0.2, 0.25) is 0 Å². The molecule has 0 spiro atoms. The number of pyridine rings is 1. The second-order valence-electron chi connectivity index (χ2n) is 3.49. The summed E-state index contributed by atoms with van der Waals surface area (Å²) in [4.78, 5) is 3.78. The van der Waals surface area contributed by atoms with E-state index in [0.29, 0.717) is 4.47 Å². The molecule has 0 fully saturated rings. The standard InChI is InChI=1S/C8H11BrN2O4S2/c1-6-4-7(9)8(11-5-6)16(12,13)2-3-17(10,14)15/h4-5H,2-3H2,1H3,(H2,10,14,15). The van der Waals surface area contributed by atoms with E-state index in [-0.39, 0.29) is 5.03 Å². The largest absolute Gasteiger partial charge is 0.243 e. The quantitative estimate of drug-likeness (QED) is 0.841. The molecule has 1 rings (SSSR count). The van der Waals surface area contributed by atoms with Gasteiger partial charge in [0, 0.05) is 6.20 Å². The van der Waals surface area contributed by atoms with Crippen molar-refractivity contribution in [3.05, 3.63) is 22.3 Å². The summed E-state index contributed by atoms with van der Waals surface area (Å²) < 4.78 is 45.4. The molecule has 0 amide bonds. The Morgan fingerprint density at radius 2 is 1.88 bits per heavy atom. The zero-order chi connectivity index (χ0) is 13.3. The SMILES string of the molecule is Cc1cnc(S(=O)(=O)CCS(N)(=O)=O)c(Br)c1. The number of sulfonamides is 1. The van der Waals surface area contributed by atoms with E-state index in [1.54, 1.807) is 13.0 Å². The second-order valence-corrected chi connectivity index (χ2v) is 8.10. The first-order valence-electron chi connectivity index (χ1n) is 4.47. The summed E-state index contributed by atoms with van der Waals surface area (Å²) in [5.74, 6) is -1.21. The number of sulfone groups is 1. The highest BCUT2D eigenvalue weighted by atomic mass is 79.9. The Morgan fingerprint density at radius 1 is 1.29 bits per heavy atom. The van der Waals surface area contributed by atoms with Crippen LogP contribution in [0.3, 0.4) is 0 Å². The minimum absolute atomic E-state index is 0.174. The molecule has 0 saturated carbocycles. The normalized spacial score (nSPS) is 12.6. The van der Waals surface area contributed by atoms with E-state index in [2.05, 4.69) is 20.9 Å². The minimum atomic E-state index is -3.81. The number of hydrogen-bond acceptors (Lipinski definition) is 5. The number of hydrogen-bond donors (Lipinski definition) is 1. The number of aromatic nitrogens is 1. The van der Waals surface area contributed by atoms with Crippen LogP contribution in [-0.2, 0) is 19.9 Å². The van der Waals surface area contributed by atoms with Crippen LogP contribution in [0.1, 0.15) is 5.56 Å². The molecular formula is C8H11BrN2O4S2. The van der Waals surface area contributed by atoms with Gasteiger partial charge in [-0.3, -0.25) is 0 Å². The van der Waals surface area contributed by atoms with E-state index in [9.17, 15) is 16.8 Å². The molecule has 0 bridgehead atoms. The smallest absolute Gasteiger partial charge is 0.210 e. The monoisotopic (exact) mass is 342 g/mol. The molecule has 96 valence electrons. The molecule has 0 aromatic carbocycles. The Bertz CT molecular complexity index is 625. The van der Waals surface area contributed by atoms with E-state index in [1.807, 2.05) is 0 Å². The molecule has 0 aliphatic carbocycles. The highest BCUT2D eigenvalue weighted by Crippen LogP contribution is 2.21. The van der Waals surface area contributed by atoms with Gasteiger partial charge in [0.25, 0.3) is 0 Å². The zero-order valence-corrected chi connectivity index (χ0v) is 12.1. The summed E-state index contributed by atoms with van der Waals surface area (Å²) in [5, 5.41) is 4.58. The fraction of sp³-hybridized carbons (Fsp3) is 0.375. The summed E-state index contributed by atoms with van der Waals surface area (Å²) in [6, 6.07) is 1.59. The Labute approximate surface area is 108 Å². The number of rotatable bonds is 4. The maximum Gasteiger partial charge on any atom is 0.210 e. The van der Waals surface area contributed by atoms with Crippen LogP contribution < -0.4 is 5.14 Å². The Kier molecular flexibility index (Phi) is 4.28. The molecule has 1 heterocycles. The van der Waals surface area contributed by atoms with E-state index < -0.39 is 31.4 Å². The lowest BCUT2D eigenvalue weighted by Gasteiger charge is -2.05. The van der Waals surface area contributed by atoms with E-state index in [0.717, 1.165) is 5.56 Å². The molecule has 0 atom stereocenters. The van der Waals surface area contributed by atoms with Crippen LogP contribution in [0.25, 0.3) is 0 Å². The summed E-state index contributed by atoms with van der Waals surface area (Å²) in [6.45, 7) is 1.76. The maximum atomic E-state index is 11.8. The van der Waals surface area contributed by atoms with Gasteiger partial charge in [-0.05, 0) is 34.5 Å². The van der Waals surface area contributed by atoms with Crippen molar-refractivity contribution < 1.29 is 16.8 Å². The first kappa shape index (κ1) is 14.6. The molecule has 6 nitrogen and oxygen atoms in total. The topological polar surface area (TPSA) is 107 Å². The van der Waals surface area contributed by atoms with Crippen molar-refractivity contribution >= 4 is 35.8 Å². The van der Waals surface area contributed by atoms with Gasteiger partial charge in [0.15, 0.2) is 14.9 Å². The molecule has 1 aromatic heterocycles.